The summed E-state index contributed by atoms with van der Waals surface area (Å²) in [6.45, 7) is 4.95. The molecular weight excluding hydrogens is 310 g/mol. The van der Waals surface area contributed by atoms with E-state index >= 15 is 0 Å². The summed E-state index contributed by atoms with van der Waals surface area (Å²) in [5.41, 5.74) is 0.628. The number of benzene rings is 1. The topological polar surface area (TPSA) is 84.6 Å². The molecule has 2 aromatic rings. The lowest BCUT2D eigenvalue weighted by molar-refractivity contribution is -0.385. The first kappa shape index (κ1) is 16.0. The maximum atomic E-state index is 11.5. The Morgan fingerprint density at radius 2 is 1.79 bits per heavy atom. The number of anilines is 2. The molecule has 0 spiro atoms. The second-order valence-electron chi connectivity index (χ2n) is 5.34. The van der Waals surface area contributed by atoms with Gasteiger partial charge in [0.25, 0.3) is 0 Å². The van der Waals surface area contributed by atoms with E-state index in [0.717, 1.165) is 0 Å². The van der Waals surface area contributed by atoms with Crippen LogP contribution in [0, 0.1) is 10.1 Å². The minimum Gasteiger partial charge on any atom is -0.487 e. The molecule has 1 aliphatic rings. The van der Waals surface area contributed by atoms with E-state index < -0.39 is 0 Å². The third kappa shape index (κ3) is 3.22. The Labute approximate surface area is 139 Å². The highest BCUT2D eigenvalue weighted by molar-refractivity contribution is 5.70. The van der Waals surface area contributed by atoms with E-state index in [1.165, 1.54) is 0 Å². The summed E-state index contributed by atoms with van der Waals surface area (Å²) in [7, 11) is 0. The van der Waals surface area contributed by atoms with Crippen LogP contribution < -0.4 is 14.5 Å². The minimum atomic E-state index is -0.368. The fraction of sp³-hybridized carbons (Fsp3) is 0.375. The molecule has 0 unspecified atom stereocenters. The third-order valence-corrected chi connectivity index (χ3v) is 3.92. The summed E-state index contributed by atoms with van der Waals surface area (Å²) in [6, 6.07) is 6.98. The van der Waals surface area contributed by atoms with Gasteiger partial charge in [-0.25, -0.2) is 9.97 Å². The molecule has 0 amide bonds. The lowest BCUT2D eigenvalue weighted by Gasteiger charge is -2.35. The first-order valence-corrected chi connectivity index (χ1v) is 7.88. The number of aromatic nitrogens is 2. The summed E-state index contributed by atoms with van der Waals surface area (Å²) < 4.78 is 5.42. The Balaban J connectivity index is 1.79. The molecule has 0 aliphatic carbocycles. The predicted octanol–water partition coefficient (Wildman–Crippen LogP) is 2.11. The zero-order chi connectivity index (χ0) is 16.9. The molecule has 3 rings (SSSR count). The van der Waals surface area contributed by atoms with E-state index in [4.69, 9.17) is 4.74 Å². The van der Waals surface area contributed by atoms with Gasteiger partial charge in [0.1, 0.15) is 5.69 Å². The average Bonchev–Trinajstić information content (AvgIpc) is 2.62. The van der Waals surface area contributed by atoms with Crippen LogP contribution in [-0.2, 0) is 0 Å². The van der Waals surface area contributed by atoms with Crippen LogP contribution in [0.2, 0.25) is 0 Å². The predicted molar refractivity (Wildman–Crippen MR) is 90.7 cm³/mol. The fourth-order valence-electron chi connectivity index (χ4n) is 2.82. The van der Waals surface area contributed by atoms with Gasteiger partial charge in [-0.1, -0.05) is 6.07 Å². The molecule has 8 nitrogen and oxygen atoms in total. The Morgan fingerprint density at radius 1 is 1.12 bits per heavy atom. The van der Waals surface area contributed by atoms with E-state index in [9.17, 15) is 10.1 Å². The van der Waals surface area contributed by atoms with Crippen LogP contribution in [-0.4, -0.2) is 47.7 Å². The smallest absolute Gasteiger partial charge is 0.333 e. The van der Waals surface area contributed by atoms with E-state index in [1.807, 2.05) is 11.8 Å². The van der Waals surface area contributed by atoms with Crippen molar-refractivity contribution in [1.29, 1.82) is 0 Å². The van der Waals surface area contributed by atoms with Crippen LogP contribution in [0.4, 0.5) is 17.3 Å². The SMILES string of the molecule is CCOc1cccc(N2CCN(c3ncccn3)CC2)c1[N+](=O)[O-]. The van der Waals surface area contributed by atoms with Gasteiger partial charge in [0.15, 0.2) is 5.75 Å². The van der Waals surface area contributed by atoms with Gasteiger partial charge in [-0.05, 0) is 25.1 Å². The van der Waals surface area contributed by atoms with Crippen LogP contribution in [0.1, 0.15) is 6.92 Å². The summed E-state index contributed by atoms with van der Waals surface area (Å²) in [4.78, 5) is 23.7. The monoisotopic (exact) mass is 329 g/mol. The Bertz CT molecular complexity index is 702. The van der Waals surface area contributed by atoms with Crippen LogP contribution in [0.3, 0.4) is 0 Å². The minimum absolute atomic E-state index is 0.0313. The second-order valence-corrected chi connectivity index (χ2v) is 5.34. The number of nitro groups is 1. The van der Waals surface area contributed by atoms with E-state index in [0.29, 0.717) is 50.2 Å². The van der Waals surface area contributed by atoms with Crippen molar-refractivity contribution >= 4 is 17.3 Å². The molecule has 1 saturated heterocycles. The largest absolute Gasteiger partial charge is 0.487 e. The van der Waals surface area contributed by atoms with Gasteiger partial charge >= 0.3 is 5.69 Å². The number of rotatable bonds is 5. The van der Waals surface area contributed by atoms with E-state index in [-0.39, 0.29) is 10.6 Å². The molecule has 0 N–H and O–H groups in total. The molecule has 126 valence electrons. The number of hydrogen-bond donors (Lipinski definition) is 0. The number of nitro benzene ring substituents is 1. The van der Waals surface area contributed by atoms with Crippen molar-refractivity contribution in [2.45, 2.75) is 6.92 Å². The molecule has 1 aromatic heterocycles. The number of piperazine rings is 1. The van der Waals surface area contributed by atoms with Crippen LogP contribution in [0.5, 0.6) is 5.75 Å². The molecular formula is C16H19N5O3. The van der Waals surface area contributed by atoms with Crippen molar-refractivity contribution in [2.75, 3.05) is 42.6 Å². The average molecular weight is 329 g/mol. The first-order chi connectivity index (χ1) is 11.7. The molecule has 0 atom stereocenters. The normalized spacial score (nSPS) is 14.5. The molecule has 2 heterocycles. The highest BCUT2D eigenvalue weighted by Crippen LogP contribution is 2.37. The maximum absolute atomic E-state index is 11.5. The lowest BCUT2D eigenvalue weighted by atomic mass is 10.2. The van der Waals surface area contributed by atoms with Crippen LogP contribution in [0.15, 0.2) is 36.7 Å². The standard InChI is InChI=1S/C16H19N5O3/c1-2-24-14-6-3-5-13(15(14)21(22)23)19-9-11-20(12-10-19)16-17-7-4-8-18-16/h3-8H,2,9-12H2,1H3. The molecule has 0 bridgehead atoms. The number of ether oxygens (including phenoxy) is 1. The van der Waals surface area contributed by atoms with E-state index in [2.05, 4.69) is 14.9 Å². The van der Waals surface area contributed by atoms with Crippen molar-refractivity contribution in [3.05, 3.63) is 46.8 Å². The molecule has 0 radical (unpaired) electrons. The van der Waals surface area contributed by atoms with Crippen molar-refractivity contribution in [1.82, 2.24) is 9.97 Å². The molecule has 1 aromatic carbocycles. The van der Waals surface area contributed by atoms with Gasteiger partial charge in [0.2, 0.25) is 5.95 Å². The van der Waals surface area contributed by atoms with Gasteiger partial charge in [-0.15, -0.1) is 0 Å². The molecule has 1 fully saturated rings. The van der Waals surface area contributed by atoms with Gasteiger partial charge < -0.3 is 14.5 Å². The van der Waals surface area contributed by atoms with Crippen molar-refractivity contribution in [3.8, 4) is 5.75 Å². The van der Waals surface area contributed by atoms with Gasteiger partial charge in [-0.2, -0.15) is 0 Å². The fourth-order valence-corrected chi connectivity index (χ4v) is 2.82. The zero-order valence-electron chi connectivity index (χ0n) is 13.5. The number of para-hydroxylation sites is 1. The Kier molecular flexibility index (Phi) is 4.74. The van der Waals surface area contributed by atoms with Crippen LogP contribution in [0.25, 0.3) is 0 Å². The molecule has 1 aliphatic heterocycles. The lowest BCUT2D eigenvalue weighted by Crippen LogP contribution is -2.47. The Morgan fingerprint density at radius 3 is 2.42 bits per heavy atom. The summed E-state index contributed by atoms with van der Waals surface area (Å²) in [5.74, 6) is 1.00. The second kappa shape index (κ2) is 7.12. The highest BCUT2D eigenvalue weighted by atomic mass is 16.6. The summed E-state index contributed by atoms with van der Waals surface area (Å²) in [5, 5.41) is 11.5. The highest BCUT2D eigenvalue weighted by Gasteiger charge is 2.27. The van der Waals surface area contributed by atoms with E-state index in [1.54, 1.807) is 36.7 Å². The first-order valence-electron chi connectivity index (χ1n) is 7.88. The Hall–Kier alpha value is -2.90. The third-order valence-electron chi connectivity index (χ3n) is 3.92. The van der Waals surface area contributed by atoms with Crippen LogP contribution >= 0.6 is 0 Å². The summed E-state index contributed by atoms with van der Waals surface area (Å²) in [6.07, 6.45) is 3.43. The van der Waals surface area contributed by atoms with Crippen molar-refractivity contribution in [3.63, 3.8) is 0 Å². The van der Waals surface area contributed by atoms with Gasteiger partial charge in [-0.3, -0.25) is 10.1 Å². The van der Waals surface area contributed by atoms with Crippen molar-refractivity contribution in [2.24, 2.45) is 0 Å². The maximum Gasteiger partial charge on any atom is 0.333 e. The number of hydrogen-bond acceptors (Lipinski definition) is 7. The number of nitrogens with zero attached hydrogens (tertiary/aromatic N) is 5. The zero-order valence-corrected chi connectivity index (χ0v) is 13.5. The summed E-state index contributed by atoms with van der Waals surface area (Å²) >= 11 is 0. The quantitative estimate of drug-likeness (QED) is 0.613. The molecule has 8 heteroatoms. The molecule has 24 heavy (non-hydrogen) atoms. The van der Waals surface area contributed by atoms with Gasteiger partial charge in [0, 0.05) is 38.6 Å². The van der Waals surface area contributed by atoms with Crippen molar-refractivity contribution < 1.29 is 9.66 Å². The van der Waals surface area contributed by atoms with Gasteiger partial charge in [0.05, 0.1) is 11.5 Å². The molecule has 0 saturated carbocycles.